The number of nitrogens with one attached hydrogen (secondary N) is 1. The number of hydrogen-bond acceptors (Lipinski definition) is 7. The smallest absolute Gasteiger partial charge is 0.408 e. The van der Waals surface area contributed by atoms with Gasteiger partial charge in [0, 0.05) is 6.61 Å². The number of carbonyl (C=O) groups is 2. The number of rotatable bonds is 6. The second-order valence-electron chi connectivity index (χ2n) is 6.28. The van der Waals surface area contributed by atoms with Gasteiger partial charge < -0.3 is 29.4 Å². The lowest BCUT2D eigenvalue weighted by molar-refractivity contribution is -0.183. The molecule has 0 unspecified atom stereocenters. The van der Waals surface area contributed by atoms with Gasteiger partial charge in [-0.05, 0) is 24.8 Å². The van der Waals surface area contributed by atoms with E-state index in [1.54, 1.807) is 0 Å². The topological polar surface area (TPSA) is 103 Å². The van der Waals surface area contributed by atoms with Gasteiger partial charge in [-0.15, -0.1) is 0 Å². The Morgan fingerprint density at radius 3 is 2.81 bits per heavy atom. The molecule has 0 radical (unpaired) electrons. The highest BCUT2D eigenvalue weighted by Crippen LogP contribution is 2.20. The third-order valence-electron chi connectivity index (χ3n) is 4.31. The Morgan fingerprint density at radius 1 is 1.27 bits per heavy atom. The Balaban J connectivity index is 1.44. The summed E-state index contributed by atoms with van der Waals surface area (Å²) in [5.41, 5.74) is 0.816. The zero-order valence-corrected chi connectivity index (χ0v) is 14.3. The molecule has 2 N–H and O–H groups in total. The van der Waals surface area contributed by atoms with Gasteiger partial charge in [0.05, 0.1) is 6.61 Å². The number of amides is 1. The summed E-state index contributed by atoms with van der Waals surface area (Å²) in [5.74, 6) is -0.715. The van der Waals surface area contributed by atoms with Gasteiger partial charge in [-0.3, -0.25) is 0 Å². The molecule has 4 atom stereocenters. The minimum absolute atomic E-state index is 0.00875. The van der Waals surface area contributed by atoms with Crippen molar-refractivity contribution >= 4 is 12.1 Å². The maximum Gasteiger partial charge on any atom is 0.408 e. The van der Waals surface area contributed by atoms with Crippen LogP contribution in [-0.2, 0) is 30.3 Å². The summed E-state index contributed by atoms with van der Waals surface area (Å²) in [6.07, 6.45) is -0.440. The second kappa shape index (κ2) is 8.98. The number of benzene rings is 1. The van der Waals surface area contributed by atoms with Crippen LogP contribution in [0.1, 0.15) is 24.8 Å². The molecule has 0 aromatic heterocycles. The van der Waals surface area contributed by atoms with E-state index in [4.69, 9.17) is 18.9 Å². The maximum atomic E-state index is 11.9. The van der Waals surface area contributed by atoms with Crippen molar-refractivity contribution in [2.24, 2.45) is 0 Å². The van der Waals surface area contributed by atoms with Crippen molar-refractivity contribution < 1.29 is 33.6 Å². The average Bonchev–Trinajstić information content (AvgIpc) is 2.94. The van der Waals surface area contributed by atoms with Gasteiger partial charge in [0.15, 0.2) is 18.4 Å². The molecule has 2 heterocycles. The zero-order valence-electron chi connectivity index (χ0n) is 14.3. The first kappa shape index (κ1) is 18.6. The molecule has 1 aromatic carbocycles. The van der Waals surface area contributed by atoms with Crippen molar-refractivity contribution in [2.75, 3.05) is 13.2 Å². The van der Waals surface area contributed by atoms with Crippen LogP contribution < -0.4 is 5.32 Å². The molecule has 0 aliphatic carbocycles. The third kappa shape index (κ3) is 4.94. The molecule has 2 fully saturated rings. The van der Waals surface area contributed by atoms with Crippen LogP contribution in [0.25, 0.3) is 0 Å². The average molecular weight is 365 g/mol. The lowest BCUT2D eigenvalue weighted by Gasteiger charge is -2.24. The molecule has 26 heavy (non-hydrogen) atoms. The van der Waals surface area contributed by atoms with Gasteiger partial charge in [0.2, 0.25) is 0 Å². The van der Waals surface area contributed by atoms with Crippen LogP contribution in [0, 0.1) is 0 Å². The van der Waals surface area contributed by atoms with E-state index in [1.165, 1.54) is 0 Å². The quantitative estimate of drug-likeness (QED) is 0.728. The van der Waals surface area contributed by atoms with Crippen molar-refractivity contribution in [1.29, 1.82) is 0 Å². The van der Waals surface area contributed by atoms with E-state index in [0.717, 1.165) is 24.8 Å². The number of aliphatic hydroxyl groups excluding tert-OH is 1. The van der Waals surface area contributed by atoms with Gasteiger partial charge in [-0.1, -0.05) is 30.3 Å². The normalized spacial score (nSPS) is 28.4. The SMILES string of the molecule is O=C(N[C@H]1C(=O)O[C@H](CO[C@@H]2CCCCO2)[C@H]1O)OCc1ccccc1. The van der Waals surface area contributed by atoms with Crippen LogP contribution in [0.4, 0.5) is 4.79 Å². The molecular formula is C18H23NO7. The number of carbonyl (C=O) groups excluding carboxylic acids is 2. The van der Waals surface area contributed by atoms with Gasteiger partial charge in [0.25, 0.3) is 0 Å². The summed E-state index contributed by atoms with van der Waals surface area (Å²) in [6.45, 7) is 0.708. The molecule has 1 amide bonds. The van der Waals surface area contributed by atoms with E-state index < -0.39 is 30.3 Å². The predicted molar refractivity (Wildman–Crippen MR) is 89.0 cm³/mol. The summed E-state index contributed by atoms with van der Waals surface area (Å²) in [4.78, 5) is 23.8. The minimum atomic E-state index is -1.21. The largest absolute Gasteiger partial charge is 0.455 e. The second-order valence-corrected chi connectivity index (χ2v) is 6.28. The fourth-order valence-electron chi connectivity index (χ4n) is 2.86. The van der Waals surface area contributed by atoms with Crippen molar-refractivity contribution in [3.05, 3.63) is 35.9 Å². The standard InChI is InChI=1S/C18H23NO7/c20-16-13(11-24-14-8-4-5-9-23-14)26-17(21)15(16)19-18(22)25-10-12-6-2-1-3-7-12/h1-3,6-7,13-16,20H,4-5,8-11H2,(H,19,22)/t13-,14-,15-,16-/m1/s1. The van der Waals surface area contributed by atoms with Crippen LogP contribution in [-0.4, -0.2) is 54.9 Å². The Morgan fingerprint density at radius 2 is 2.08 bits per heavy atom. The molecule has 1 aromatic rings. The zero-order chi connectivity index (χ0) is 18.4. The van der Waals surface area contributed by atoms with E-state index in [1.807, 2.05) is 30.3 Å². The Kier molecular flexibility index (Phi) is 6.43. The number of alkyl carbamates (subject to hydrolysis) is 1. The molecule has 2 aliphatic rings. The van der Waals surface area contributed by atoms with Crippen LogP contribution >= 0.6 is 0 Å². The molecule has 2 saturated heterocycles. The van der Waals surface area contributed by atoms with Gasteiger partial charge in [-0.25, -0.2) is 9.59 Å². The van der Waals surface area contributed by atoms with Gasteiger partial charge in [-0.2, -0.15) is 0 Å². The van der Waals surface area contributed by atoms with Crippen molar-refractivity contribution in [2.45, 2.75) is 50.4 Å². The number of cyclic esters (lactones) is 1. The fourth-order valence-corrected chi connectivity index (χ4v) is 2.86. The molecule has 0 spiro atoms. The minimum Gasteiger partial charge on any atom is -0.455 e. The molecule has 2 aliphatic heterocycles. The first-order valence-corrected chi connectivity index (χ1v) is 8.72. The molecule has 8 nitrogen and oxygen atoms in total. The summed E-state index contributed by atoms with van der Waals surface area (Å²) >= 11 is 0. The lowest BCUT2D eigenvalue weighted by Crippen LogP contribution is -2.47. The third-order valence-corrected chi connectivity index (χ3v) is 4.31. The Hall–Kier alpha value is -2.16. The highest BCUT2D eigenvalue weighted by Gasteiger charge is 2.45. The van der Waals surface area contributed by atoms with Crippen molar-refractivity contribution in [3.8, 4) is 0 Å². The van der Waals surface area contributed by atoms with Gasteiger partial charge >= 0.3 is 12.1 Å². The van der Waals surface area contributed by atoms with E-state index >= 15 is 0 Å². The first-order chi connectivity index (χ1) is 12.6. The molecule has 0 bridgehead atoms. The van der Waals surface area contributed by atoms with Crippen LogP contribution in [0.2, 0.25) is 0 Å². The molecule has 3 rings (SSSR count). The van der Waals surface area contributed by atoms with E-state index in [0.29, 0.717) is 6.61 Å². The number of esters is 1. The summed E-state index contributed by atoms with van der Waals surface area (Å²) in [7, 11) is 0. The summed E-state index contributed by atoms with van der Waals surface area (Å²) < 4.78 is 21.1. The van der Waals surface area contributed by atoms with Crippen LogP contribution in [0.5, 0.6) is 0 Å². The number of hydrogen-bond donors (Lipinski definition) is 2. The Bertz CT molecular complexity index is 603. The van der Waals surface area contributed by atoms with Crippen LogP contribution in [0.15, 0.2) is 30.3 Å². The highest BCUT2D eigenvalue weighted by molar-refractivity contribution is 5.84. The monoisotopic (exact) mass is 365 g/mol. The predicted octanol–water partition coefficient (Wildman–Crippen LogP) is 1.11. The Labute approximate surface area is 151 Å². The molecule has 142 valence electrons. The van der Waals surface area contributed by atoms with Crippen molar-refractivity contribution in [3.63, 3.8) is 0 Å². The van der Waals surface area contributed by atoms with Crippen LogP contribution in [0.3, 0.4) is 0 Å². The maximum absolute atomic E-state index is 11.9. The highest BCUT2D eigenvalue weighted by atomic mass is 16.7. The van der Waals surface area contributed by atoms with E-state index in [2.05, 4.69) is 5.32 Å². The first-order valence-electron chi connectivity index (χ1n) is 8.72. The molecular weight excluding hydrogens is 342 g/mol. The fraction of sp³-hybridized carbons (Fsp3) is 0.556. The number of ether oxygens (including phenoxy) is 4. The van der Waals surface area contributed by atoms with E-state index in [9.17, 15) is 14.7 Å². The summed E-state index contributed by atoms with van der Waals surface area (Å²) in [6, 6.07) is 7.96. The van der Waals surface area contributed by atoms with Gasteiger partial charge in [0.1, 0.15) is 12.7 Å². The van der Waals surface area contributed by atoms with Crippen molar-refractivity contribution in [1.82, 2.24) is 5.32 Å². The lowest BCUT2D eigenvalue weighted by atomic mass is 10.1. The molecule has 0 saturated carbocycles. The number of aliphatic hydroxyl groups is 1. The summed E-state index contributed by atoms with van der Waals surface area (Å²) in [5, 5.41) is 12.6. The molecule has 8 heteroatoms. The van der Waals surface area contributed by atoms with E-state index in [-0.39, 0.29) is 19.5 Å².